The van der Waals surface area contributed by atoms with Crippen LogP contribution in [0.15, 0.2) is 47.1 Å². The molecule has 1 aromatic rings. The first-order valence-electron chi connectivity index (χ1n) is 6.01. The molecule has 0 bridgehead atoms. The zero-order chi connectivity index (χ0) is 14.1. The Kier molecular flexibility index (Phi) is 7.17. The lowest BCUT2D eigenvalue weighted by atomic mass is 10.2. The van der Waals surface area contributed by atoms with Crippen molar-refractivity contribution >= 4 is 32.3 Å². The van der Waals surface area contributed by atoms with Crippen molar-refractivity contribution in [3.8, 4) is 5.75 Å². The maximum absolute atomic E-state index is 5.59. The highest BCUT2D eigenvalue weighted by Gasteiger charge is 2.10. The zero-order valence-corrected chi connectivity index (χ0v) is 13.3. The summed E-state index contributed by atoms with van der Waals surface area (Å²) in [6.45, 7) is 8.64. The minimum atomic E-state index is 0.464. The Morgan fingerprint density at radius 1 is 1.37 bits per heavy atom. The molecule has 1 aromatic carbocycles. The van der Waals surface area contributed by atoms with Crippen LogP contribution in [0.5, 0.6) is 5.75 Å². The van der Waals surface area contributed by atoms with E-state index in [1.807, 2.05) is 60.7 Å². The van der Waals surface area contributed by atoms with E-state index in [0.29, 0.717) is 22.9 Å². The van der Waals surface area contributed by atoms with Gasteiger partial charge in [-0.15, -0.1) is 0 Å². The van der Waals surface area contributed by atoms with E-state index >= 15 is 0 Å². The first kappa shape index (κ1) is 15.7. The van der Waals surface area contributed by atoms with Gasteiger partial charge in [0.25, 0.3) is 3.90 Å². The summed E-state index contributed by atoms with van der Waals surface area (Å²) in [5.41, 5.74) is 0.855. The van der Waals surface area contributed by atoms with E-state index in [1.54, 1.807) is 0 Å². The van der Waals surface area contributed by atoms with Crippen LogP contribution in [0, 0.1) is 0 Å². The molecule has 0 atom stereocenters. The van der Waals surface area contributed by atoms with E-state index in [1.165, 1.54) is 6.26 Å². The van der Waals surface area contributed by atoms with Crippen molar-refractivity contribution in [1.29, 1.82) is 0 Å². The van der Waals surface area contributed by atoms with Crippen LogP contribution in [-0.4, -0.2) is 22.9 Å². The molecule has 4 nitrogen and oxygen atoms in total. The van der Waals surface area contributed by atoms with E-state index in [0.717, 1.165) is 11.3 Å². The van der Waals surface area contributed by atoms with Gasteiger partial charge in [-0.3, -0.25) is 4.99 Å². The van der Waals surface area contributed by atoms with Crippen LogP contribution in [0.4, 0.5) is 0 Å². The third kappa shape index (κ3) is 5.02. The number of aliphatic imine (C=N–C) groups is 2. The first-order valence-corrected chi connectivity index (χ1v) is 7.09. The minimum absolute atomic E-state index is 0.464. The van der Waals surface area contributed by atoms with Crippen molar-refractivity contribution in [1.82, 2.24) is 0 Å². The number of para-hydroxylation sites is 1. The molecule has 0 aliphatic carbocycles. The van der Waals surface area contributed by atoms with E-state index in [9.17, 15) is 0 Å². The molecule has 0 spiro atoms. The van der Waals surface area contributed by atoms with E-state index in [-0.39, 0.29) is 0 Å². The fourth-order valence-electron chi connectivity index (χ4n) is 1.44. The van der Waals surface area contributed by atoms with Gasteiger partial charge in [0.1, 0.15) is 5.75 Å². The lowest BCUT2D eigenvalue weighted by molar-refractivity contribution is 0.339. The number of benzene rings is 1. The summed E-state index contributed by atoms with van der Waals surface area (Å²) in [5.74, 6) is 1.36. The molecule has 0 fully saturated rings. The lowest BCUT2D eigenvalue weighted by Gasteiger charge is -2.09. The number of hydrogen-bond donors (Lipinski definition) is 0. The Morgan fingerprint density at radius 3 is 2.74 bits per heavy atom. The van der Waals surface area contributed by atoms with Crippen LogP contribution in [0.2, 0.25) is 0 Å². The van der Waals surface area contributed by atoms with Gasteiger partial charge in [0.15, 0.2) is 5.84 Å². The van der Waals surface area contributed by atoms with Gasteiger partial charge in [-0.1, -0.05) is 18.7 Å². The highest BCUT2D eigenvalue weighted by molar-refractivity contribution is 14.1. The van der Waals surface area contributed by atoms with Crippen LogP contribution in [0.1, 0.15) is 19.4 Å². The van der Waals surface area contributed by atoms with Crippen molar-refractivity contribution in [3.63, 3.8) is 0 Å². The normalized spacial score (nSPS) is 12.2. The minimum Gasteiger partial charge on any atom is -0.493 e. The van der Waals surface area contributed by atoms with Crippen LogP contribution in [0.25, 0.3) is 0 Å². The quantitative estimate of drug-likeness (QED) is 0.342. The van der Waals surface area contributed by atoms with Crippen molar-refractivity contribution in [2.24, 2.45) is 9.98 Å². The predicted molar refractivity (Wildman–Crippen MR) is 87.4 cm³/mol. The maximum Gasteiger partial charge on any atom is 0.258 e. The topological polar surface area (TPSA) is 43.2 Å². The Bertz CT molecular complexity index is 484. The third-order valence-corrected chi connectivity index (χ3v) is 2.61. The summed E-state index contributed by atoms with van der Waals surface area (Å²) in [6.07, 6.45) is 1.34. The molecule has 0 saturated carbocycles. The fraction of sp³-hybridized carbons (Fsp3) is 0.286. The number of hydrogen-bond acceptors (Lipinski definition) is 3. The highest BCUT2D eigenvalue weighted by Crippen LogP contribution is 2.20. The Balaban J connectivity index is 3.16. The van der Waals surface area contributed by atoms with Gasteiger partial charge in [0, 0.05) is 29.1 Å². The maximum atomic E-state index is 5.59. The second kappa shape index (κ2) is 8.68. The molecule has 0 unspecified atom stereocenters. The molecular formula is C14H17IN2O2. The molecule has 0 amide bonds. The zero-order valence-electron chi connectivity index (χ0n) is 11.1. The summed E-state index contributed by atoms with van der Waals surface area (Å²) in [5, 5.41) is 0. The molecule has 5 heteroatoms. The molecule has 0 heterocycles. The van der Waals surface area contributed by atoms with Crippen molar-refractivity contribution in [2.45, 2.75) is 13.8 Å². The molecule has 0 aliphatic heterocycles. The Hall–Kier alpha value is -1.37. The molecule has 102 valence electrons. The first-order chi connectivity index (χ1) is 9.22. The highest BCUT2D eigenvalue weighted by atomic mass is 127. The third-order valence-electron chi connectivity index (χ3n) is 2.11. The number of halogens is 1. The van der Waals surface area contributed by atoms with E-state index < -0.39 is 0 Å². The van der Waals surface area contributed by atoms with Gasteiger partial charge in [0.05, 0.1) is 18.4 Å². The molecule has 0 N–H and O–H groups in total. The van der Waals surface area contributed by atoms with Crippen molar-refractivity contribution in [2.75, 3.05) is 13.2 Å². The molecule has 0 aliphatic rings. The van der Waals surface area contributed by atoms with Crippen LogP contribution in [-0.2, 0) is 4.74 Å². The predicted octanol–water partition coefficient (Wildman–Crippen LogP) is 3.80. The number of ether oxygens (including phenoxy) is 2. The van der Waals surface area contributed by atoms with Gasteiger partial charge in [-0.2, -0.15) is 4.99 Å². The van der Waals surface area contributed by atoms with Crippen molar-refractivity contribution < 1.29 is 9.47 Å². The average Bonchev–Trinajstić information content (AvgIpc) is 2.39. The van der Waals surface area contributed by atoms with E-state index in [2.05, 4.69) is 16.6 Å². The monoisotopic (exact) mass is 372 g/mol. The van der Waals surface area contributed by atoms with Gasteiger partial charge in [0.2, 0.25) is 0 Å². The number of nitrogens with zero attached hydrogens (tertiary/aromatic N) is 2. The standard InChI is InChI=1S/C14H17IN2O2/c1-4-16-13(17-14(15)19-6-3)11-9-7-8-10-12(11)18-5-2/h6-10H,3-5H2,1-2H3. The summed E-state index contributed by atoms with van der Waals surface area (Å²) in [4.78, 5) is 8.74. The summed E-state index contributed by atoms with van der Waals surface area (Å²) >= 11 is 1.99. The summed E-state index contributed by atoms with van der Waals surface area (Å²) in [6, 6.07) is 7.69. The van der Waals surface area contributed by atoms with Crippen LogP contribution < -0.4 is 4.74 Å². The second-order valence-electron chi connectivity index (χ2n) is 3.38. The molecule has 19 heavy (non-hydrogen) atoms. The smallest absolute Gasteiger partial charge is 0.258 e. The summed E-state index contributed by atoms with van der Waals surface area (Å²) in [7, 11) is 0. The molecule has 0 saturated heterocycles. The Morgan fingerprint density at radius 2 is 2.11 bits per heavy atom. The largest absolute Gasteiger partial charge is 0.493 e. The fourth-order valence-corrected chi connectivity index (χ4v) is 1.85. The van der Waals surface area contributed by atoms with Crippen molar-refractivity contribution in [3.05, 3.63) is 42.7 Å². The molecule has 1 rings (SSSR count). The summed E-state index contributed by atoms with van der Waals surface area (Å²) < 4.78 is 11.2. The lowest BCUT2D eigenvalue weighted by Crippen LogP contribution is -2.05. The number of amidine groups is 1. The Labute approximate surface area is 127 Å². The van der Waals surface area contributed by atoms with Crippen LogP contribution >= 0.6 is 22.6 Å². The van der Waals surface area contributed by atoms with Crippen LogP contribution in [0.3, 0.4) is 0 Å². The SMILES string of the molecule is C=COC(I)=NC(=NCC)c1ccccc1OCC. The molecule has 0 radical (unpaired) electrons. The second-order valence-corrected chi connectivity index (χ2v) is 4.30. The van der Waals surface area contributed by atoms with E-state index in [4.69, 9.17) is 9.47 Å². The number of rotatable bonds is 5. The molecule has 0 aromatic heterocycles. The van der Waals surface area contributed by atoms with Gasteiger partial charge < -0.3 is 9.47 Å². The molecular weight excluding hydrogens is 355 g/mol. The van der Waals surface area contributed by atoms with Gasteiger partial charge >= 0.3 is 0 Å². The average molecular weight is 372 g/mol. The van der Waals surface area contributed by atoms with Gasteiger partial charge in [-0.05, 0) is 26.0 Å². The van der Waals surface area contributed by atoms with Gasteiger partial charge in [-0.25, -0.2) is 0 Å².